The normalized spacial score (nSPS) is 12.6. The van der Waals surface area contributed by atoms with Crippen LogP contribution in [0.25, 0.3) is 0 Å². The van der Waals surface area contributed by atoms with Crippen molar-refractivity contribution in [3.05, 3.63) is 35.4 Å². The van der Waals surface area contributed by atoms with Crippen molar-refractivity contribution in [2.24, 2.45) is 5.92 Å². The fourth-order valence-corrected chi connectivity index (χ4v) is 2.37. The van der Waals surface area contributed by atoms with Crippen molar-refractivity contribution < 1.29 is 18.0 Å². The summed E-state index contributed by atoms with van der Waals surface area (Å²) in [6, 6.07) is 4.79. The van der Waals surface area contributed by atoms with Crippen LogP contribution in [-0.4, -0.2) is 19.5 Å². The van der Waals surface area contributed by atoms with E-state index in [9.17, 15) is 18.0 Å². The van der Waals surface area contributed by atoms with E-state index in [-0.39, 0.29) is 24.2 Å². The lowest BCUT2D eigenvalue weighted by Crippen LogP contribution is -2.30. The summed E-state index contributed by atoms with van der Waals surface area (Å²) in [5.74, 6) is 0.121. The van der Waals surface area contributed by atoms with Crippen LogP contribution in [0.5, 0.6) is 0 Å². The lowest BCUT2D eigenvalue weighted by molar-refractivity contribution is -0.137. The molecule has 0 bridgehead atoms. The predicted molar refractivity (Wildman–Crippen MR) is 92.2 cm³/mol. The Morgan fingerprint density at radius 1 is 1.25 bits per heavy atom. The van der Waals surface area contributed by atoms with Crippen LogP contribution in [0.1, 0.15) is 50.3 Å². The second kappa shape index (κ2) is 10.6. The van der Waals surface area contributed by atoms with Gasteiger partial charge in [-0.3, -0.25) is 4.79 Å². The van der Waals surface area contributed by atoms with Gasteiger partial charge in [0.2, 0.25) is 5.91 Å². The molecule has 1 atom stereocenters. The van der Waals surface area contributed by atoms with Gasteiger partial charge in [-0.05, 0) is 50.0 Å². The van der Waals surface area contributed by atoms with Gasteiger partial charge in [0.25, 0.3) is 0 Å². The van der Waals surface area contributed by atoms with Crippen molar-refractivity contribution in [3.63, 3.8) is 0 Å². The van der Waals surface area contributed by atoms with E-state index < -0.39 is 17.8 Å². The molecule has 2 N–H and O–H groups in total. The Hall–Kier alpha value is -1.27. The van der Waals surface area contributed by atoms with Gasteiger partial charge in [0.1, 0.15) is 0 Å². The van der Waals surface area contributed by atoms with Crippen LogP contribution in [0.2, 0.25) is 0 Å². The van der Waals surface area contributed by atoms with E-state index in [1.165, 1.54) is 6.07 Å². The molecule has 0 aromatic heterocycles. The summed E-state index contributed by atoms with van der Waals surface area (Å²) in [7, 11) is 1.81. The molecule has 1 rings (SSSR count). The Bertz CT molecular complexity index is 507. The van der Waals surface area contributed by atoms with Crippen molar-refractivity contribution in [3.8, 4) is 0 Å². The number of carbonyl (C=O) groups excluding carboxylic acids is 1. The van der Waals surface area contributed by atoms with E-state index in [1.807, 2.05) is 20.9 Å². The van der Waals surface area contributed by atoms with Crippen molar-refractivity contribution in [1.82, 2.24) is 10.6 Å². The van der Waals surface area contributed by atoms with Gasteiger partial charge in [-0.25, -0.2) is 0 Å². The van der Waals surface area contributed by atoms with Crippen LogP contribution in [0, 0.1) is 5.92 Å². The molecule has 0 saturated carbocycles. The number of halogens is 4. The highest BCUT2D eigenvalue weighted by Gasteiger charge is 2.31. The zero-order chi connectivity index (χ0) is 17.5. The van der Waals surface area contributed by atoms with Gasteiger partial charge in [-0.1, -0.05) is 26.0 Å². The molecule has 0 aliphatic rings. The van der Waals surface area contributed by atoms with Crippen molar-refractivity contribution >= 4 is 18.3 Å². The molecule has 138 valence electrons. The largest absolute Gasteiger partial charge is 0.416 e. The molecule has 1 aromatic rings. The number of carbonyl (C=O) groups is 1. The van der Waals surface area contributed by atoms with Crippen LogP contribution in [-0.2, 0) is 11.0 Å². The summed E-state index contributed by atoms with van der Waals surface area (Å²) in [5.41, 5.74) is -0.191. The van der Waals surface area contributed by atoms with E-state index >= 15 is 0 Å². The average molecular weight is 367 g/mol. The number of hydrogen-bond acceptors (Lipinski definition) is 2. The maximum absolute atomic E-state index is 12.9. The topological polar surface area (TPSA) is 41.1 Å². The average Bonchev–Trinajstić information content (AvgIpc) is 2.45. The van der Waals surface area contributed by atoms with Gasteiger partial charge in [-0.15, -0.1) is 12.4 Å². The molecule has 0 aliphatic carbocycles. The van der Waals surface area contributed by atoms with E-state index in [4.69, 9.17) is 0 Å². The number of alkyl halides is 3. The third-order valence-electron chi connectivity index (χ3n) is 3.49. The predicted octanol–water partition coefficient (Wildman–Crippen LogP) is 4.33. The first-order valence-corrected chi connectivity index (χ1v) is 7.85. The second-order valence-corrected chi connectivity index (χ2v) is 6.08. The third-order valence-corrected chi connectivity index (χ3v) is 3.49. The van der Waals surface area contributed by atoms with Crippen LogP contribution >= 0.6 is 12.4 Å². The first-order valence-electron chi connectivity index (χ1n) is 7.85. The number of rotatable bonds is 8. The van der Waals surface area contributed by atoms with E-state index in [0.717, 1.165) is 18.7 Å². The molecule has 1 amide bonds. The molecule has 0 spiro atoms. The Kier molecular flexibility index (Phi) is 10.0. The molecule has 3 nitrogen and oxygen atoms in total. The van der Waals surface area contributed by atoms with Gasteiger partial charge < -0.3 is 10.6 Å². The molecule has 0 radical (unpaired) electrons. The SMILES string of the molecule is CNCCCC(=O)NC(CC(C)C)c1cccc(C(F)(F)F)c1.Cl. The second-order valence-electron chi connectivity index (χ2n) is 6.08. The van der Waals surface area contributed by atoms with E-state index in [2.05, 4.69) is 10.6 Å². The first kappa shape index (κ1) is 22.7. The summed E-state index contributed by atoms with van der Waals surface area (Å²) in [5, 5.41) is 5.83. The van der Waals surface area contributed by atoms with Crippen LogP contribution < -0.4 is 10.6 Å². The quantitative estimate of drug-likeness (QED) is 0.672. The summed E-state index contributed by atoms with van der Waals surface area (Å²) in [4.78, 5) is 12.0. The molecular formula is C17H26ClF3N2O. The van der Waals surface area contributed by atoms with Gasteiger partial charge in [0, 0.05) is 6.42 Å². The summed E-state index contributed by atoms with van der Waals surface area (Å²) >= 11 is 0. The van der Waals surface area contributed by atoms with Crippen LogP contribution in [0.4, 0.5) is 13.2 Å². The Morgan fingerprint density at radius 2 is 1.92 bits per heavy atom. The standard InChI is InChI=1S/C17H25F3N2O.ClH/c1-12(2)10-15(22-16(23)8-5-9-21-3)13-6-4-7-14(11-13)17(18,19)20;/h4,6-7,11-12,15,21H,5,8-10H2,1-3H3,(H,22,23);1H. The third kappa shape index (κ3) is 8.02. The maximum Gasteiger partial charge on any atom is 0.416 e. The van der Waals surface area contributed by atoms with Gasteiger partial charge >= 0.3 is 6.18 Å². The van der Waals surface area contributed by atoms with Gasteiger partial charge in [0.15, 0.2) is 0 Å². The molecule has 24 heavy (non-hydrogen) atoms. The Labute approximate surface area is 147 Å². The summed E-state index contributed by atoms with van der Waals surface area (Å²) < 4.78 is 38.6. The van der Waals surface area contributed by atoms with Crippen LogP contribution in [0.3, 0.4) is 0 Å². The minimum atomic E-state index is -4.38. The van der Waals surface area contributed by atoms with Gasteiger partial charge in [0.05, 0.1) is 11.6 Å². The van der Waals surface area contributed by atoms with Crippen molar-refractivity contribution in [1.29, 1.82) is 0 Å². The number of nitrogens with one attached hydrogen (secondary N) is 2. The van der Waals surface area contributed by atoms with Crippen molar-refractivity contribution in [2.45, 2.75) is 45.3 Å². The first-order chi connectivity index (χ1) is 10.7. The zero-order valence-electron chi connectivity index (χ0n) is 14.2. The highest BCUT2D eigenvalue weighted by atomic mass is 35.5. The van der Waals surface area contributed by atoms with Crippen molar-refractivity contribution in [2.75, 3.05) is 13.6 Å². The fraction of sp³-hybridized carbons (Fsp3) is 0.588. The molecule has 1 aromatic carbocycles. The monoisotopic (exact) mass is 366 g/mol. The molecule has 7 heteroatoms. The minimum absolute atomic E-state index is 0. The molecule has 0 aliphatic heterocycles. The number of benzene rings is 1. The highest BCUT2D eigenvalue weighted by molar-refractivity contribution is 5.85. The maximum atomic E-state index is 12.9. The smallest absolute Gasteiger partial charge is 0.349 e. The number of amides is 1. The van der Waals surface area contributed by atoms with E-state index in [1.54, 1.807) is 6.07 Å². The Morgan fingerprint density at radius 3 is 2.46 bits per heavy atom. The number of hydrogen-bond donors (Lipinski definition) is 2. The lowest BCUT2D eigenvalue weighted by atomic mass is 9.95. The van der Waals surface area contributed by atoms with Gasteiger partial charge in [-0.2, -0.15) is 13.2 Å². The zero-order valence-corrected chi connectivity index (χ0v) is 15.1. The fourth-order valence-electron chi connectivity index (χ4n) is 2.37. The Balaban J connectivity index is 0.00000529. The lowest BCUT2D eigenvalue weighted by Gasteiger charge is -2.22. The molecule has 0 heterocycles. The summed E-state index contributed by atoms with van der Waals surface area (Å²) in [6.45, 7) is 4.69. The highest BCUT2D eigenvalue weighted by Crippen LogP contribution is 2.32. The molecular weight excluding hydrogens is 341 g/mol. The molecule has 0 fully saturated rings. The summed E-state index contributed by atoms with van der Waals surface area (Å²) in [6.07, 6.45) is -2.73. The minimum Gasteiger partial charge on any atom is -0.349 e. The van der Waals surface area contributed by atoms with Crippen LogP contribution in [0.15, 0.2) is 24.3 Å². The molecule has 1 unspecified atom stereocenters. The van der Waals surface area contributed by atoms with E-state index in [0.29, 0.717) is 24.8 Å². The molecule has 0 saturated heterocycles.